The van der Waals surface area contributed by atoms with Gasteiger partial charge in [-0.3, -0.25) is 0 Å². The van der Waals surface area contributed by atoms with Crippen LogP contribution < -0.4 is 9.80 Å². The molecular formula is C53H42F2N2. The highest BCUT2D eigenvalue weighted by Crippen LogP contribution is 2.50. The van der Waals surface area contributed by atoms with Gasteiger partial charge in [-0.05, 0) is 134 Å². The summed E-state index contributed by atoms with van der Waals surface area (Å²) in [4.78, 5) is 4.33. The molecule has 0 radical (unpaired) electrons. The summed E-state index contributed by atoms with van der Waals surface area (Å²) >= 11 is 0. The van der Waals surface area contributed by atoms with Crippen LogP contribution in [0.2, 0.25) is 0 Å². The van der Waals surface area contributed by atoms with Crippen LogP contribution in [0.25, 0.3) is 32.3 Å². The fraction of sp³-hybridized carbons (Fsp3) is 0.132. The van der Waals surface area contributed by atoms with E-state index in [0.717, 1.165) is 67.4 Å². The van der Waals surface area contributed by atoms with Crippen molar-refractivity contribution in [2.24, 2.45) is 0 Å². The quantitative estimate of drug-likeness (QED) is 0.166. The van der Waals surface area contributed by atoms with E-state index in [-0.39, 0.29) is 23.0 Å². The summed E-state index contributed by atoms with van der Waals surface area (Å²) in [5.41, 5.74) is 9.14. The van der Waals surface area contributed by atoms with E-state index in [2.05, 4.69) is 146 Å². The first-order valence-corrected chi connectivity index (χ1v) is 19.8. The van der Waals surface area contributed by atoms with Gasteiger partial charge < -0.3 is 9.80 Å². The van der Waals surface area contributed by atoms with Gasteiger partial charge >= 0.3 is 0 Å². The van der Waals surface area contributed by atoms with Gasteiger partial charge in [0.15, 0.2) is 0 Å². The second-order valence-electron chi connectivity index (χ2n) is 16.4. The van der Waals surface area contributed by atoms with E-state index in [1.165, 1.54) is 22.6 Å². The Labute approximate surface area is 332 Å². The predicted octanol–water partition coefficient (Wildman–Crippen LogP) is 15.2. The van der Waals surface area contributed by atoms with Gasteiger partial charge in [0.05, 0.1) is 11.4 Å². The summed E-state index contributed by atoms with van der Waals surface area (Å²) in [5, 5.41) is 6.68. The van der Waals surface area contributed by atoms with Crippen LogP contribution >= 0.6 is 0 Å². The van der Waals surface area contributed by atoms with E-state index in [9.17, 15) is 0 Å². The van der Waals surface area contributed by atoms with Crippen LogP contribution in [-0.2, 0) is 11.8 Å². The summed E-state index contributed by atoms with van der Waals surface area (Å²) in [6.45, 7) is 6.75. The topological polar surface area (TPSA) is 6.48 Å². The van der Waals surface area contributed by atoms with E-state index >= 15 is 8.78 Å². The van der Waals surface area contributed by atoms with Crippen molar-refractivity contribution in [3.8, 4) is 0 Å². The van der Waals surface area contributed by atoms with Crippen LogP contribution in [0, 0.1) is 11.6 Å². The van der Waals surface area contributed by atoms with Crippen molar-refractivity contribution in [1.29, 1.82) is 0 Å². The van der Waals surface area contributed by atoms with Crippen LogP contribution in [0.15, 0.2) is 170 Å². The Kier molecular flexibility index (Phi) is 8.33. The number of rotatable bonds is 3. The van der Waals surface area contributed by atoms with Gasteiger partial charge in [0.1, 0.15) is 11.6 Å². The molecule has 1 aliphatic rings. The Bertz CT molecular complexity index is 2930. The molecule has 9 aromatic rings. The Morgan fingerprint density at radius 3 is 1.81 bits per heavy atom. The van der Waals surface area contributed by atoms with E-state index in [0.29, 0.717) is 17.7 Å². The number of fused-ring (bicyclic) bond motifs is 8. The zero-order valence-electron chi connectivity index (χ0n) is 32.3. The van der Waals surface area contributed by atoms with Gasteiger partial charge in [-0.2, -0.15) is 0 Å². The fourth-order valence-corrected chi connectivity index (χ4v) is 9.06. The summed E-state index contributed by atoms with van der Waals surface area (Å²) in [6, 6.07) is 57.4. The van der Waals surface area contributed by atoms with Crippen LogP contribution in [0.4, 0.5) is 42.9 Å². The lowest BCUT2D eigenvalue weighted by Gasteiger charge is -2.32. The first-order chi connectivity index (χ1) is 27.7. The first-order valence-electron chi connectivity index (χ1n) is 19.8. The summed E-state index contributed by atoms with van der Waals surface area (Å²) in [7, 11) is 0. The molecule has 0 amide bonds. The average Bonchev–Trinajstić information content (AvgIpc) is 3.22. The van der Waals surface area contributed by atoms with E-state index < -0.39 is 0 Å². The maximum absolute atomic E-state index is 16.5. The Morgan fingerprint density at radius 2 is 1.09 bits per heavy atom. The molecule has 0 fully saturated rings. The highest BCUT2D eigenvalue weighted by Gasteiger charge is 2.29. The largest absolute Gasteiger partial charge is 0.310 e. The molecule has 0 N–H and O–H groups in total. The highest BCUT2D eigenvalue weighted by atomic mass is 19.1. The molecule has 2 nitrogen and oxygen atoms in total. The van der Waals surface area contributed by atoms with Crippen molar-refractivity contribution in [2.45, 2.75) is 44.9 Å². The molecule has 0 saturated heterocycles. The summed E-state index contributed by atoms with van der Waals surface area (Å²) in [6.07, 6.45) is 1.39. The molecule has 1 heterocycles. The van der Waals surface area contributed by atoms with E-state index in [1.807, 2.05) is 30.3 Å². The van der Waals surface area contributed by atoms with Crippen LogP contribution in [0.3, 0.4) is 0 Å². The summed E-state index contributed by atoms with van der Waals surface area (Å²) < 4.78 is 32.8. The molecule has 278 valence electrons. The number of nitrogens with zero attached hydrogens (tertiary/aromatic N) is 2. The highest BCUT2D eigenvalue weighted by molar-refractivity contribution is 6.27. The maximum Gasteiger partial charge on any atom is 0.147 e. The Hall–Kier alpha value is -6.52. The molecule has 0 spiro atoms. The van der Waals surface area contributed by atoms with Crippen LogP contribution in [-0.4, -0.2) is 0 Å². The number of para-hydroxylation sites is 2. The maximum atomic E-state index is 16.5. The standard InChI is InChI=1S/C53H42F2N2/c1-53(2,3)37-30-35-24-27-44-46-33-50(45-28-25-36(31-37)51(35)52(44)45)57(49-22-10-9-21-48(49)55)41-18-12-17-40(32-41)56(38-14-5-4-6-15-38)39-16-11-13-34(29-39)23-26-42(46)43-19-7-8-20-47(43)54/h4-22,24-25,27-33,42H,23,26H2,1-3H3. The van der Waals surface area contributed by atoms with Crippen molar-refractivity contribution >= 4 is 66.4 Å². The van der Waals surface area contributed by atoms with Gasteiger partial charge in [-0.25, -0.2) is 8.78 Å². The molecule has 4 heteroatoms. The molecule has 1 aliphatic heterocycles. The van der Waals surface area contributed by atoms with E-state index in [1.54, 1.807) is 18.2 Å². The first kappa shape index (κ1) is 34.9. The molecule has 1 unspecified atom stereocenters. The lowest BCUT2D eigenvalue weighted by atomic mass is 9.79. The smallest absolute Gasteiger partial charge is 0.147 e. The van der Waals surface area contributed by atoms with E-state index in [4.69, 9.17) is 0 Å². The van der Waals surface area contributed by atoms with Gasteiger partial charge in [0.25, 0.3) is 0 Å². The van der Waals surface area contributed by atoms with Crippen molar-refractivity contribution in [3.63, 3.8) is 0 Å². The SMILES string of the molecule is CC(C)(C)c1cc2ccc3c4cc(c5ccc(c1)c2c35)N(c1ccccc1F)c1cccc(c1)N(c1ccccc1)c1cccc(c1)CCC4c1ccccc1F. The molecular weight excluding hydrogens is 703 g/mol. The molecule has 0 saturated carbocycles. The third kappa shape index (κ3) is 5.99. The number of halogens is 2. The Balaban J connectivity index is 1.36. The zero-order valence-corrected chi connectivity index (χ0v) is 32.3. The van der Waals surface area contributed by atoms with Crippen molar-refractivity contribution in [1.82, 2.24) is 0 Å². The second-order valence-corrected chi connectivity index (χ2v) is 16.4. The van der Waals surface area contributed by atoms with Crippen LogP contribution in [0.5, 0.6) is 0 Å². The molecule has 1 atom stereocenters. The lowest BCUT2D eigenvalue weighted by Crippen LogP contribution is -2.16. The number of hydrogen-bond acceptors (Lipinski definition) is 2. The lowest BCUT2D eigenvalue weighted by molar-refractivity contribution is 0.586. The molecule has 57 heavy (non-hydrogen) atoms. The minimum absolute atomic E-state index is 0.0424. The average molecular weight is 745 g/mol. The third-order valence-corrected chi connectivity index (χ3v) is 11.8. The normalized spacial score (nSPS) is 14.7. The Morgan fingerprint density at radius 1 is 0.474 bits per heavy atom. The third-order valence-electron chi connectivity index (χ3n) is 11.8. The summed E-state index contributed by atoms with van der Waals surface area (Å²) in [5.74, 6) is -0.858. The fourth-order valence-electron chi connectivity index (χ4n) is 9.06. The van der Waals surface area contributed by atoms with Crippen molar-refractivity contribution in [2.75, 3.05) is 9.80 Å². The molecule has 0 aliphatic carbocycles. The van der Waals surface area contributed by atoms with Gasteiger partial charge in [0, 0.05) is 34.1 Å². The van der Waals surface area contributed by atoms with Crippen LogP contribution in [0.1, 0.15) is 55.4 Å². The van der Waals surface area contributed by atoms with Gasteiger partial charge in [0.2, 0.25) is 0 Å². The monoisotopic (exact) mass is 744 g/mol. The predicted molar refractivity (Wildman–Crippen MR) is 235 cm³/mol. The molecule has 6 bridgehead atoms. The second kappa shape index (κ2) is 13.6. The molecule has 10 rings (SSSR count). The minimum atomic E-state index is -0.329. The number of hydrogen-bond donors (Lipinski definition) is 0. The number of benzene rings is 9. The number of anilines is 6. The van der Waals surface area contributed by atoms with Gasteiger partial charge in [-0.1, -0.05) is 124 Å². The van der Waals surface area contributed by atoms with Gasteiger partial charge in [-0.15, -0.1) is 0 Å². The minimum Gasteiger partial charge on any atom is -0.310 e. The molecule has 9 aromatic carbocycles. The molecule has 0 aromatic heterocycles. The van der Waals surface area contributed by atoms with Crippen molar-refractivity contribution < 1.29 is 8.78 Å². The number of aryl methyl sites for hydroxylation is 1. The zero-order chi connectivity index (χ0) is 38.8. The van der Waals surface area contributed by atoms with Crippen molar-refractivity contribution in [3.05, 3.63) is 204 Å².